The van der Waals surface area contributed by atoms with E-state index in [9.17, 15) is 26.3 Å². The summed E-state index contributed by atoms with van der Waals surface area (Å²) in [6.07, 6.45) is -4.69. The third kappa shape index (κ3) is 3.68. The fraction of sp³-hybridized carbons (Fsp3) is 0.143. The second-order valence-corrected chi connectivity index (χ2v) is 4.30. The van der Waals surface area contributed by atoms with Crippen LogP contribution in [0, 0.1) is 17.5 Å². The highest BCUT2D eigenvalue weighted by atomic mass is 19.4. The highest BCUT2D eigenvalue weighted by Gasteiger charge is 2.31. The zero-order chi connectivity index (χ0) is 15.6. The first-order valence-corrected chi connectivity index (χ1v) is 5.82. The molecule has 0 fully saturated rings. The normalized spacial score (nSPS) is 11.5. The summed E-state index contributed by atoms with van der Waals surface area (Å²) in [5.74, 6) is -2.85. The molecule has 112 valence electrons. The van der Waals surface area contributed by atoms with Crippen LogP contribution in [-0.4, -0.2) is 0 Å². The van der Waals surface area contributed by atoms with Gasteiger partial charge in [0, 0.05) is 6.54 Å². The van der Waals surface area contributed by atoms with Crippen LogP contribution in [0.3, 0.4) is 0 Å². The van der Waals surface area contributed by atoms with Crippen molar-refractivity contribution in [2.45, 2.75) is 12.7 Å². The summed E-state index contributed by atoms with van der Waals surface area (Å²) in [5.41, 5.74) is -1.71. The number of nitrogens with one attached hydrogen (secondary N) is 1. The average molecular weight is 305 g/mol. The molecule has 1 N–H and O–H groups in total. The molecule has 0 saturated heterocycles. The number of anilines is 1. The number of halogens is 6. The van der Waals surface area contributed by atoms with Gasteiger partial charge in [-0.3, -0.25) is 0 Å². The van der Waals surface area contributed by atoms with Crippen molar-refractivity contribution in [2.75, 3.05) is 5.32 Å². The van der Waals surface area contributed by atoms with Gasteiger partial charge in [0.1, 0.15) is 23.1 Å². The Bertz CT molecular complexity index is 630. The Hall–Kier alpha value is -2.18. The molecule has 0 unspecified atom stereocenters. The summed E-state index contributed by atoms with van der Waals surface area (Å²) in [4.78, 5) is 0. The van der Waals surface area contributed by atoms with E-state index in [0.717, 1.165) is 30.3 Å². The second-order valence-electron chi connectivity index (χ2n) is 4.30. The standard InChI is InChI=1S/C14H9F6N/c15-10-5-8(4-9(6-10)14(18,19)20)7-21-13-11(16)2-1-3-12(13)17/h1-6,21H,7H2. The van der Waals surface area contributed by atoms with E-state index in [1.165, 1.54) is 0 Å². The second kappa shape index (κ2) is 5.67. The van der Waals surface area contributed by atoms with Crippen molar-refractivity contribution in [3.05, 3.63) is 65.0 Å². The maximum atomic E-state index is 13.3. The van der Waals surface area contributed by atoms with Gasteiger partial charge in [-0.25, -0.2) is 13.2 Å². The third-order valence-electron chi connectivity index (χ3n) is 2.72. The van der Waals surface area contributed by atoms with Gasteiger partial charge in [0.05, 0.1) is 5.56 Å². The predicted molar refractivity (Wildman–Crippen MR) is 65.1 cm³/mol. The SMILES string of the molecule is Fc1cc(CNc2c(F)cccc2F)cc(C(F)(F)F)c1. The number of hydrogen-bond donors (Lipinski definition) is 1. The van der Waals surface area contributed by atoms with Crippen molar-refractivity contribution in [3.8, 4) is 0 Å². The molecule has 0 spiro atoms. The van der Waals surface area contributed by atoms with Gasteiger partial charge in [-0.05, 0) is 35.9 Å². The fourth-order valence-corrected chi connectivity index (χ4v) is 1.77. The molecule has 2 rings (SSSR count). The Morgan fingerprint density at radius 3 is 2.10 bits per heavy atom. The minimum Gasteiger partial charge on any atom is -0.376 e. The summed E-state index contributed by atoms with van der Waals surface area (Å²) in [7, 11) is 0. The maximum Gasteiger partial charge on any atom is 0.416 e. The van der Waals surface area contributed by atoms with E-state index in [1.54, 1.807) is 0 Å². The Morgan fingerprint density at radius 2 is 1.52 bits per heavy atom. The Labute approximate surface area is 116 Å². The van der Waals surface area contributed by atoms with E-state index in [1.807, 2.05) is 0 Å². The lowest BCUT2D eigenvalue weighted by atomic mass is 10.1. The van der Waals surface area contributed by atoms with Gasteiger partial charge >= 0.3 is 6.18 Å². The van der Waals surface area contributed by atoms with Crippen LogP contribution < -0.4 is 5.32 Å². The zero-order valence-electron chi connectivity index (χ0n) is 10.4. The third-order valence-corrected chi connectivity index (χ3v) is 2.72. The topological polar surface area (TPSA) is 12.0 Å². The Kier molecular flexibility index (Phi) is 4.11. The molecule has 0 atom stereocenters. The highest BCUT2D eigenvalue weighted by molar-refractivity contribution is 5.46. The van der Waals surface area contributed by atoms with Crippen LogP contribution in [0.25, 0.3) is 0 Å². The molecule has 0 bridgehead atoms. The minimum atomic E-state index is -4.69. The van der Waals surface area contributed by atoms with Crippen LogP contribution in [0.15, 0.2) is 36.4 Å². The molecular weight excluding hydrogens is 296 g/mol. The molecule has 0 saturated carbocycles. The minimum absolute atomic E-state index is 0.0787. The van der Waals surface area contributed by atoms with Gasteiger partial charge in [0.25, 0.3) is 0 Å². The van der Waals surface area contributed by atoms with E-state index in [-0.39, 0.29) is 12.1 Å². The molecule has 21 heavy (non-hydrogen) atoms. The van der Waals surface area contributed by atoms with E-state index < -0.39 is 34.9 Å². The van der Waals surface area contributed by atoms with Crippen molar-refractivity contribution >= 4 is 5.69 Å². The Morgan fingerprint density at radius 1 is 0.905 bits per heavy atom. The quantitative estimate of drug-likeness (QED) is 0.808. The summed E-state index contributed by atoms with van der Waals surface area (Å²) in [5, 5.41) is 2.32. The number of para-hydroxylation sites is 1. The van der Waals surface area contributed by atoms with Gasteiger partial charge in [-0.1, -0.05) is 6.07 Å². The number of hydrogen-bond acceptors (Lipinski definition) is 1. The van der Waals surface area contributed by atoms with Crippen LogP contribution in [-0.2, 0) is 12.7 Å². The lowest BCUT2D eigenvalue weighted by Crippen LogP contribution is -2.09. The van der Waals surface area contributed by atoms with Gasteiger partial charge in [-0.15, -0.1) is 0 Å². The highest BCUT2D eigenvalue weighted by Crippen LogP contribution is 2.30. The summed E-state index contributed by atoms with van der Waals surface area (Å²) < 4.78 is 77.5. The van der Waals surface area contributed by atoms with Gasteiger partial charge in [0.2, 0.25) is 0 Å². The molecule has 0 aliphatic heterocycles. The first-order chi connectivity index (χ1) is 9.77. The van der Waals surface area contributed by atoms with Crippen molar-refractivity contribution < 1.29 is 26.3 Å². The lowest BCUT2D eigenvalue weighted by molar-refractivity contribution is -0.137. The van der Waals surface area contributed by atoms with Crippen molar-refractivity contribution in [3.63, 3.8) is 0 Å². The number of rotatable bonds is 3. The van der Waals surface area contributed by atoms with Crippen LogP contribution in [0.5, 0.6) is 0 Å². The maximum absolute atomic E-state index is 13.3. The summed E-state index contributed by atoms with van der Waals surface area (Å²) in [6, 6.07) is 5.08. The van der Waals surface area contributed by atoms with Gasteiger partial charge in [0.15, 0.2) is 0 Å². The van der Waals surface area contributed by atoms with Gasteiger partial charge in [-0.2, -0.15) is 13.2 Å². The summed E-state index contributed by atoms with van der Waals surface area (Å²) >= 11 is 0. The summed E-state index contributed by atoms with van der Waals surface area (Å²) in [6.45, 7) is -0.349. The van der Waals surface area contributed by atoms with E-state index in [2.05, 4.69) is 5.32 Å². The van der Waals surface area contributed by atoms with Gasteiger partial charge < -0.3 is 5.32 Å². The molecule has 2 aromatic carbocycles. The molecule has 0 heterocycles. The lowest BCUT2D eigenvalue weighted by Gasteiger charge is -2.12. The Balaban J connectivity index is 2.23. The van der Waals surface area contributed by atoms with Crippen molar-refractivity contribution in [1.82, 2.24) is 0 Å². The van der Waals surface area contributed by atoms with E-state index in [4.69, 9.17) is 0 Å². The zero-order valence-corrected chi connectivity index (χ0v) is 10.4. The van der Waals surface area contributed by atoms with Crippen molar-refractivity contribution in [1.29, 1.82) is 0 Å². The number of alkyl halides is 3. The molecule has 0 aromatic heterocycles. The van der Waals surface area contributed by atoms with Crippen LogP contribution >= 0.6 is 0 Å². The predicted octanol–water partition coefficient (Wildman–Crippen LogP) is 4.73. The van der Waals surface area contributed by atoms with E-state index in [0.29, 0.717) is 6.07 Å². The van der Waals surface area contributed by atoms with Crippen LogP contribution in [0.1, 0.15) is 11.1 Å². The van der Waals surface area contributed by atoms with Crippen LogP contribution in [0.4, 0.5) is 32.0 Å². The number of benzene rings is 2. The molecule has 2 aromatic rings. The van der Waals surface area contributed by atoms with Crippen molar-refractivity contribution in [2.24, 2.45) is 0 Å². The fourth-order valence-electron chi connectivity index (χ4n) is 1.77. The monoisotopic (exact) mass is 305 g/mol. The molecule has 0 aliphatic carbocycles. The molecule has 0 radical (unpaired) electrons. The average Bonchev–Trinajstić information content (AvgIpc) is 2.36. The first-order valence-electron chi connectivity index (χ1n) is 5.82. The molecule has 7 heteroatoms. The molecule has 0 amide bonds. The molecule has 0 aliphatic rings. The largest absolute Gasteiger partial charge is 0.416 e. The van der Waals surface area contributed by atoms with E-state index >= 15 is 0 Å². The first kappa shape index (κ1) is 15.2. The van der Waals surface area contributed by atoms with Crippen LogP contribution in [0.2, 0.25) is 0 Å². The molecule has 1 nitrogen and oxygen atoms in total. The molecular formula is C14H9F6N. The smallest absolute Gasteiger partial charge is 0.376 e.